The molecule has 0 atom stereocenters. The number of carbonyl (C=O) groups excluding carboxylic acids is 1. The lowest BCUT2D eigenvalue weighted by molar-refractivity contribution is 0.0688. The van der Waals surface area contributed by atoms with E-state index in [4.69, 9.17) is 11.5 Å². The van der Waals surface area contributed by atoms with Gasteiger partial charge < -0.3 is 16.6 Å². The van der Waals surface area contributed by atoms with Crippen molar-refractivity contribution in [2.75, 3.05) is 5.73 Å². The standard InChI is InChI=1S/C13H13BrN4O3/c1-2-6-5-7(14)3-4-8(6)18-11(13(20)21)9(15)10(17-18)12(16)19/h3-5H,2,15H2,1H3,(H2,16,19)(H,20,21). The number of hydrogen-bond acceptors (Lipinski definition) is 4. The molecule has 0 spiro atoms. The van der Waals surface area contributed by atoms with Crippen molar-refractivity contribution < 1.29 is 14.7 Å². The lowest BCUT2D eigenvalue weighted by Gasteiger charge is -2.10. The van der Waals surface area contributed by atoms with Crippen LogP contribution in [0.3, 0.4) is 0 Å². The summed E-state index contributed by atoms with van der Waals surface area (Å²) in [6.07, 6.45) is 0.652. The monoisotopic (exact) mass is 352 g/mol. The second-order valence-electron chi connectivity index (χ2n) is 4.32. The molecule has 0 saturated carbocycles. The van der Waals surface area contributed by atoms with Crippen molar-refractivity contribution in [3.8, 4) is 5.69 Å². The van der Waals surface area contributed by atoms with E-state index < -0.39 is 11.9 Å². The predicted octanol–water partition coefficient (Wildman–Crippen LogP) is 1.58. The molecule has 110 valence electrons. The molecule has 0 fully saturated rings. The van der Waals surface area contributed by atoms with Crippen molar-refractivity contribution in [1.82, 2.24) is 9.78 Å². The van der Waals surface area contributed by atoms with Crippen LogP contribution in [0, 0.1) is 0 Å². The molecule has 1 heterocycles. The molecule has 2 aromatic rings. The molecule has 0 aliphatic carbocycles. The van der Waals surface area contributed by atoms with E-state index in [9.17, 15) is 14.7 Å². The Morgan fingerprint density at radius 2 is 2.10 bits per heavy atom. The highest BCUT2D eigenvalue weighted by Crippen LogP contribution is 2.26. The Hall–Kier alpha value is -2.35. The Balaban J connectivity index is 2.77. The van der Waals surface area contributed by atoms with E-state index in [0.29, 0.717) is 12.1 Å². The predicted molar refractivity (Wildman–Crippen MR) is 80.5 cm³/mol. The van der Waals surface area contributed by atoms with Gasteiger partial charge in [0.05, 0.1) is 11.4 Å². The summed E-state index contributed by atoms with van der Waals surface area (Å²) in [6.45, 7) is 1.92. The maximum absolute atomic E-state index is 11.4. The van der Waals surface area contributed by atoms with Crippen LogP contribution < -0.4 is 11.5 Å². The second-order valence-corrected chi connectivity index (χ2v) is 5.23. The van der Waals surface area contributed by atoms with Gasteiger partial charge in [0.15, 0.2) is 11.4 Å². The molecule has 21 heavy (non-hydrogen) atoms. The van der Waals surface area contributed by atoms with Crippen LogP contribution >= 0.6 is 15.9 Å². The van der Waals surface area contributed by atoms with Gasteiger partial charge in [0.2, 0.25) is 0 Å². The number of halogens is 1. The van der Waals surface area contributed by atoms with Crippen molar-refractivity contribution in [3.05, 3.63) is 39.6 Å². The van der Waals surface area contributed by atoms with Gasteiger partial charge in [-0.05, 0) is 30.2 Å². The molecule has 1 aromatic carbocycles. The lowest BCUT2D eigenvalue weighted by Crippen LogP contribution is -2.14. The average Bonchev–Trinajstić information content (AvgIpc) is 2.76. The van der Waals surface area contributed by atoms with Crippen LogP contribution in [0.5, 0.6) is 0 Å². The van der Waals surface area contributed by atoms with E-state index in [0.717, 1.165) is 14.7 Å². The van der Waals surface area contributed by atoms with Crippen molar-refractivity contribution in [3.63, 3.8) is 0 Å². The molecule has 0 unspecified atom stereocenters. The fraction of sp³-hybridized carbons (Fsp3) is 0.154. The number of amides is 1. The molecule has 0 saturated heterocycles. The third kappa shape index (κ3) is 2.62. The molecule has 5 N–H and O–H groups in total. The third-order valence-electron chi connectivity index (χ3n) is 3.01. The van der Waals surface area contributed by atoms with Crippen molar-refractivity contribution in [2.45, 2.75) is 13.3 Å². The zero-order valence-corrected chi connectivity index (χ0v) is 12.7. The van der Waals surface area contributed by atoms with Crippen LogP contribution in [0.25, 0.3) is 5.69 Å². The number of aromatic carboxylic acids is 1. The van der Waals surface area contributed by atoms with E-state index >= 15 is 0 Å². The van der Waals surface area contributed by atoms with E-state index in [1.165, 1.54) is 0 Å². The van der Waals surface area contributed by atoms with Crippen molar-refractivity contribution >= 4 is 33.5 Å². The molecule has 7 nitrogen and oxygen atoms in total. The fourth-order valence-corrected chi connectivity index (χ4v) is 2.44. The van der Waals surface area contributed by atoms with Crippen molar-refractivity contribution in [1.29, 1.82) is 0 Å². The first kappa shape index (κ1) is 15.0. The van der Waals surface area contributed by atoms with E-state index in [1.54, 1.807) is 12.1 Å². The van der Waals surface area contributed by atoms with Gasteiger partial charge in [-0.15, -0.1) is 0 Å². The normalized spacial score (nSPS) is 10.6. The van der Waals surface area contributed by atoms with Gasteiger partial charge in [0, 0.05) is 4.47 Å². The number of carboxylic acid groups (broad SMARTS) is 1. The number of nitrogen functional groups attached to an aromatic ring is 1. The zero-order chi connectivity index (χ0) is 15.7. The highest BCUT2D eigenvalue weighted by Gasteiger charge is 2.25. The number of rotatable bonds is 4. The molecule has 1 aromatic heterocycles. The summed E-state index contributed by atoms with van der Waals surface area (Å²) in [5.41, 5.74) is 11.5. The molecule has 0 aliphatic rings. The fourth-order valence-electron chi connectivity index (χ4n) is 2.04. The van der Waals surface area contributed by atoms with E-state index in [-0.39, 0.29) is 17.1 Å². The smallest absolute Gasteiger partial charge is 0.356 e. The summed E-state index contributed by atoms with van der Waals surface area (Å²) >= 11 is 3.36. The number of aromatic nitrogens is 2. The second kappa shape index (κ2) is 5.57. The van der Waals surface area contributed by atoms with Gasteiger partial charge >= 0.3 is 5.97 Å². The molecular formula is C13H13BrN4O3. The van der Waals surface area contributed by atoms with Crippen LogP contribution in [0.1, 0.15) is 33.5 Å². The van der Waals surface area contributed by atoms with Gasteiger partial charge in [-0.3, -0.25) is 4.79 Å². The topological polar surface area (TPSA) is 124 Å². The Kier molecular flexibility index (Phi) is 3.99. The average molecular weight is 353 g/mol. The van der Waals surface area contributed by atoms with Crippen LogP contribution in [0.2, 0.25) is 0 Å². The zero-order valence-electron chi connectivity index (χ0n) is 11.1. The van der Waals surface area contributed by atoms with Gasteiger partial charge in [-0.1, -0.05) is 22.9 Å². The number of nitrogens with zero attached hydrogens (tertiary/aromatic N) is 2. The summed E-state index contributed by atoms with van der Waals surface area (Å²) in [6, 6.07) is 5.30. The molecule has 0 radical (unpaired) electrons. The highest BCUT2D eigenvalue weighted by molar-refractivity contribution is 9.10. The molecular weight excluding hydrogens is 340 g/mol. The minimum Gasteiger partial charge on any atom is -0.476 e. The minimum atomic E-state index is -1.28. The number of carbonyl (C=O) groups is 2. The minimum absolute atomic E-state index is 0.236. The van der Waals surface area contributed by atoms with Crippen LogP contribution in [-0.4, -0.2) is 26.8 Å². The maximum Gasteiger partial charge on any atom is 0.356 e. The van der Waals surface area contributed by atoms with Crippen LogP contribution in [0.4, 0.5) is 5.69 Å². The van der Waals surface area contributed by atoms with E-state index in [1.807, 2.05) is 13.0 Å². The quantitative estimate of drug-likeness (QED) is 0.770. The number of carboxylic acids is 1. The SMILES string of the molecule is CCc1cc(Br)ccc1-n1nc(C(N)=O)c(N)c1C(=O)O. The maximum atomic E-state index is 11.4. The Bertz CT molecular complexity index is 739. The summed E-state index contributed by atoms with van der Waals surface area (Å²) < 4.78 is 2.00. The van der Waals surface area contributed by atoms with Gasteiger partial charge in [0.1, 0.15) is 0 Å². The number of nitrogens with two attached hydrogens (primary N) is 2. The Morgan fingerprint density at radius 3 is 2.62 bits per heavy atom. The Morgan fingerprint density at radius 1 is 1.43 bits per heavy atom. The number of hydrogen-bond donors (Lipinski definition) is 3. The first-order valence-electron chi connectivity index (χ1n) is 6.07. The van der Waals surface area contributed by atoms with Crippen LogP contribution in [0.15, 0.2) is 22.7 Å². The van der Waals surface area contributed by atoms with Crippen LogP contribution in [-0.2, 0) is 6.42 Å². The summed E-state index contributed by atoms with van der Waals surface area (Å²) in [4.78, 5) is 22.7. The van der Waals surface area contributed by atoms with E-state index in [2.05, 4.69) is 21.0 Å². The number of benzene rings is 1. The third-order valence-corrected chi connectivity index (χ3v) is 3.50. The first-order valence-corrected chi connectivity index (χ1v) is 6.86. The largest absolute Gasteiger partial charge is 0.476 e. The highest BCUT2D eigenvalue weighted by atomic mass is 79.9. The number of aryl methyl sites for hydroxylation is 1. The van der Waals surface area contributed by atoms with Gasteiger partial charge in [0.25, 0.3) is 5.91 Å². The molecule has 2 rings (SSSR count). The molecule has 0 bridgehead atoms. The lowest BCUT2D eigenvalue weighted by atomic mass is 10.1. The number of primary amides is 1. The molecule has 0 aliphatic heterocycles. The summed E-state index contributed by atoms with van der Waals surface area (Å²) in [5.74, 6) is -2.15. The van der Waals surface area contributed by atoms with Gasteiger partial charge in [-0.25, -0.2) is 9.48 Å². The molecule has 8 heteroatoms. The summed E-state index contributed by atoms with van der Waals surface area (Å²) in [5, 5.41) is 13.3. The Labute approximate surface area is 128 Å². The number of anilines is 1. The van der Waals surface area contributed by atoms with Gasteiger partial charge in [-0.2, -0.15) is 5.10 Å². The van der Waals surface area contributed by atoms with Crippen molar-refractivity contribution in [2.24, 2.45) is 5.73 Å². The molecule has 1 amide bonds. The first-order chi connectivity index (χ1) is 9.86. The summed E-state index contributed by atoms with van der Waals surface area (Å²) in [7, 11) is 0.